The maximum absolute atomic E-state index is 5.36. The standard InChI is InChI=1S/C12H16N2O2S2/c1-15-9-2-3-10-11(8-9)14-12(13-10)18-7-5-16-4-6-17/h2-3,8,17H,4-7H2,1H3,(H,13,14). The topological polar surface area (TPSA) is 47.1 Å². The Labute approximate surface area is 116 Å². The Morgan fingerprint density at radius 1 is 1.39 bits per heavy atom. The lowest BCUT2D eigenvalue weighted by Crippen LogP contribution is -2.00. The van der Waals surface area contributed by atoms with Gasteiger partial charge in [-0.3, -0.25) is 0 Å². The number of thiol groups is 1. The zero-order valence-corrected chi connectivity index (χ0v) is 11.9. The van der Waals surface area contributed by atoms with Crippen LogP contribution in [0, 0.1) is 0 Å². The summed E-state index contributed by atoms with van der Waals surface area (Å²) in [6.07, 6.45) is 0. The van der Waals surface area contributed by atoms with Gasteiger partial charge < -0.3 is 14.5 Å². The lowest BCUT2D eigenvalue weighted by atomic mass is 10.3. The fourth-order valence-electron chi connectivity index (χ4n) is 1.52. The Balaban J connectivity index is 1.93. The maximum atomic E-state index is 5.36. The van der Waals surface area contributed by atoms with Crippen molar-refractivity contribution in [2.75, 3.05) is 31.8 Å². The van der Waals surface area contributed by atoms with Crippen LogP contribution in [0.2, 0.25) is 0 Å². The van der Waals surface area contributed by atoms with E-state index in [-0.39, 0.29) is 0 Å². The lowest BCUT2D eigenvalue weighted by Gasteiger charge is -1.99. The maximum Gasteiger partial charge on any atom is 0.166 e. The Morgan fingerprint density at radius 3 is 3.06 bits per heavy atom. The summed E-state index contributed by atoms with van der Waals surface area (Å²) < 4.78 is 10.5. The second kappa shape index (κ2) is 6.92. The van der Waals surface area contributed by atoms with E-state index in [4.69, 9.17) is 9.47 Å². The van der Waals surface area contributed by atoms with E-state index >= 15 is 0 Å². The normalized spacial score (nSPS) is 11.0. The number of fused-ring (bicyclic) bond motifs is 1. The summed E-state index contributed by atoms with van der Waals surface area (Å²) in [5.41, 5.74) is 1.95. The molecule has 6 heteroatoms. The van der Waals surface area contributed by atoms with E-state index in [0.717, 1.165) is 33.4 Å². The molecule has 0 amide bonds. The van der Waals surface area contributed by atoms with Crippen molar-refractivity contribution in [2.45, 2.75) is 5.16 Å². The molecule has 18 heavy (non-hydrogen) atoms. The minimum absolute atomic E-state index is 0.695. The number of imidazole rings is 1. The van der Waals surface area contributed by atoms with Crippen molar-refractivity contribution >= 4 is 35.4 Å². The van der Waals surface area contributed by atoms with Crippen molar-refractivity contribution in [2.24, 2.45) is 0 Å². The summed E-state index contributed by atoms with van der Waals surface area (Å²) in [5, 5.41) is 0.910. The van der Waals surface area contributed by atoms with E-state index in [0.29, 0.717) is 13.2 Å². The van der Waals surface area contributed by atoms with Gasteiger partial charge in [-0.1, -0.05) is 11.8 Å². The minimum atomic E-state index is 0.695. The molecule has 0 saturated carbocycles. The summed E-state index contributed by atoms with van der Waals surface area (Å²) >= 11 is 5.74. The number of methoxy groups -OCH3 is 1. The monoisotopic (exact) mass is 284 g/mol. The number of ether oxygens (including phenoxy) is 2. The van der Waals surface area contributed by atoms with Gasteiger partial charge >= 0.3 is 0 Å². The minimum Gasteiger partial charge on any atom is -0.497 e. The van der Waals surface area contributed by atoms with Crippen molar-refractivity contribution in [3.05, 3.63) is 18.2 Å². The van der Waals surface area contributed by atoms with Gasteiger partial charge in [-0.15, -0.1) is 0 Å². The third-order valence-electron chi connectivity index (χ3n) is 2.37. The van der Waals surface area contributed by atoms with Gasteiger partial charge in [0.15, 0.2) is 5.16 Å². The number of nitrogens with zero attached hydrogens (tertiary/aromatic N) is 1. The lowest BCUT2D eigenvalue weighted by molar-refractivity contribution is 0.167. The van der Waals surface area contributed by atoms with E-state index < -0.39 is 0 Å². The van der Waals surface area contributed by atoms with Crippen LogP contribution in [-0.2, 0) is 4.74 Å². The number of benzene rings is 1. The van der Waals surface area contributed by atoms with Crippen LogP contribution in [0.1, 0.15) is 0 Å². The van der Waals surface area contributed by atoms with Crippen LogP contribution in [0.25, 0.3) is 11.0 Å². The summed E-state index contributed by atoms with van der Waals surface area (Å²) in [6.45, 7) is 1.41. The molecule has 0 fully saturated rings. The average molecular weight is 284 g/mol. The van der Waals surface area contributed by atoms with E-state index in [2.05, 4.69) is 22.6 Å². The van der Waals surface area contributed by atoms with Gasteiger partial charge in [-0.2, -0.15) is 12.6 Å². The third-order valence-corrected chi connectivity index (χ3v) is 3.39. The van der Waals surface area contributed by atoms with Crippen molar-refractivity contribution in [1.82, 2.24) is 9.97 Å². The first kappa shape index (κ1) is 13.6. The molecule has 2 aromatic rings. The van der Waals surface area contributed by atoms with E-state index in [1.165, 1.54) is 0 Å². The zero-order valence-electron chi connectivity index (χ0n) is 10.2. The van der Waals surface area contributed by atoms with Crippen molar-refractivity contribution in [3.63, 3.8) is 0 Å². The summed E-state index contributed by atoms with van der Waals surface area (Å²) in [5.74, 6) is 2.47. The third kappa shape index (κ3) is 3.57. The fraction of sp³-hybridized carbons (Fsp3) is 0.417. The van der Waals surface area contributed by atoms with Crippen LogP contribution in [0.4, 0.5) is 0 Å². The number of thioether (sulfide) groups is 1. The number of hydrogen-bond acceptors (Lipinski definition) is 5. The van der Waals surface area contributed by atoms with Gasteiger partial charge in [-0.25, -0.2) is 4.98 Å². The van der Waals surface area contributed by atoms with E-state index in [9.17, 15) is 0 Å². The Hall–Kier alpha value is -0.850. The van der Waals surface area contributed by atoms with Gasteiger partial charge in [0.25, 0.3) is 0 Å². The molecule has 4 nitrogen and oxygen atoms in total. The van der Waals surface area contributed by atoms with Crippen molar-refractivity contribution in [3.8, 4) is 5.75 Å². The number of hydrogen-bond donors (Lipinski definition) is 2. The summed E-state index contributed by atoms with van der Waals surface area (Å²) in [7, 11) is 1.66. The van der Waals surface area contributed by atoms with Gasteiger partial charge in [0, 0.05) is 17.6 Å². The van der Waals surface area contributed by atoms with Gasteiger partial charge in [0.05, 0.1) is 31.4 Å². The largest absolute Gasteiger partial charge is 0.497 e. The van der Waals surface area contributed by atoms with Crippen LogP contribution in [0.3, 0.4) is 0 Å². The number of rotatable bonds is 7. The molecule has 0 bridgehead atoms. The van der Waals surface area contributed by atoms with Crippen LogP contribution in [0.5, 0.6) is 5.75 Å². The highest BCUT2D eigenvalue weighted by Gasteiger charge is 2.04. The molecule has 1 aromatic carbocycles. The second-order valence-electron chi connectivity index (χ2n) is 3.61. The number of aromatic amines is 1. The molecule has 0 aliphatic heterocycles. The van der Waals surface area contributed by atoms with Gasteiger partial charge in [0.1, 0.15) is 5.75 Å². The number of H-pyrrole nitrogens is 1. The first-order valence-corrected chi connectivity index (χ1v) is 7.30. The highest BCUT2D eigenvalue weighted by molar-refractivity contribution is 7.99. The molecule has 1 N–H and O–H groups in total. The molecule has 0 radical (unpaired) electrons. The molecular weight excluding hydrogens is 268 g/mol. The highest BCUT2D eigenvalue weighted by atomic mass is 32.2. The van der Waals surface area contributed by atoms with Crippen LogP contribution < -0.4 is 4.74 Å². The summed E-state index contributed by atoms with van der Waals surface area (Å²) in [4.78, 5) is 7.75. The van der Waals surface area contributed by atoms with Gasteiger partial charge in [-0.05, 0) is 12.1 Å². The fourth-order valence-corrected chi connectivity index (χ4v) is 2.39. The average Bonchev–Trinajstić information content (AvgIpc) is 2.80. The molecule has 98 valence electrons. The van der Waals surface area contributed by atoms with Crippen molar-refractivity contribution in [1.29, 1.82) is 0 Å². The predicted octanol–water partition coefficient (Wildman–Crippen LogP) is 2.61. The molecule has 0 unspecified atom stereocenters. The first-order chi connectivity index (χ1) is 8.83. The van der Waals surface area contributed by atoms with Crippen LogP contribution in [0.15, 0.2) is 23.4 Å². The van der Waals surface area contributed by atoms with E-state index in [1.54, 1.807) is 18.9 Å². The SMILES string of the molecule is COc1ccc2nc(SCCOCCS)[nH]c2c1. The molecule has 0 aliphatic rings. The van der Waals surface area contributed by atoms with Crippen molar-refractivity contribution < 1.29 is 9.47 Å². The summed E-state index contributed by atoms with van der Waals surface area (Å²) in [6, 6.07) is 5.81. The molecule has 0 aliphatic carbocycles. The van der Waals surface area contributed by atoms with Crippen LogP contribution in [-0.4, -0.2) is 41.8 Å². The molecule has 0 saturated heterocycles. The highest BCUT2D eigenvalue weighted by Crippen LogP contribution is 2.22. The predicted molar refractivity (Wildman–Crippen MR) is 78.0 cm³/mol. The van der Waals surface area contributed by atoms with Crippen LogP contribution >= 0.6 is 24.4 Å². The molecular formula is C12H16N2O2S2. The first-order valence-electron chi connectivity index (χ1n) is 5.68. The Bertz CT molecular complexity index is 502. The van der Waals surface area contributed by atoms with Gasteiger partial charge in [0.2, 0.25) is 0 Å². The molecule has 1 heterocycles. The Kier molecular flexibility index (Phi) is 5.22. The molecule has 0 atom stereocenters. The molecule has 0 spiro atoms. The van der Waals surface area contributed by atoms with E-state index in [1.807, 2.05) is 18.2 Å². The molecule has 2 rings (SSSR count). The Morgan fingerprint density at radius 2 is 2.28 bits per heavy atom. The number of aromatic nitrogens is 2. The zero-order chi connectivity index (χ0) is 12.8. The molecule has 1 aromatic heterocycles. The quantitative estimate of drug-likeness (QED) is 0.466. The number of nitrogens with one attached hydrogen (secondary N) is 1. The smallest absolute Gasteiger partial charge is 0.166 e. The second-order valence-corrected chi connectivity index (χ2v) is 5.14.